The molecule has 0 saturated carbocycles. The lowest BCUT2D eigenvalue weighted by Crippen LogP contribution is -2.19. The zero-order valence-electron chi connectivity index (χ0n) is 11.2. The van der Waals surface area contributed by atoms with Gasteiger partial charge < -0.3 is 10.5 Å². The van der Waals surface area contributed by atoms with E-state index >= 15 is 0 Å². The lowest BCUT2D eigenvalue weighted by molar-refractivity contribution is -0.174. The minimum Gasteiger partial charge on any atom is -0.372 e. The fraction of sp³-hybridized carbons (Fsp3) is 0.333. The smallest absolute Gasteiger partial charge is 0.372 e. The second-order valence-electron chi connectivity index (χ2n) is 4.75. The van der Waals surface area contributed by atoms with Gasteiger partial charge in [-0.15, -0.1) is 0 Å². The van der Waals surface area contributed by atoms with Crippen LogP contribution in [0.2, 0.25) is 5.02 Å². The first-order valence-electron chi connectivity index (χ1n) is 6.46. The Morgan fingerprint density at radius 1 is 1.10 bits per heavy atom. The van der Waals surface area contributed by atoms with Gasteiger partial charge in [0, 0.05) is 23.1 Å². The molecule has 2 rings (SSSR count). The van der Waals surface area contributed by atoms with Crippen molar-refractivity contribution >= 4 is 22.4 Å². The molecule has 2 aromatic carbocycles. The summed E-state index contributed by atoms with van der Waals surface area (Å²) in [5, 5.41) is 2.41. The lowest BCUT2D eigenvalue weighted by atomic mass is 9.97. The second kappa shape index (κ2) is 6.64. The molecule has 0 spiro atoms. The van der Waals surface area contributed by atoms with Crippen LogP contribution in [0.1, 0.15) is 18.0 Å². The highest BCUT2D eigenvalue weighted by molar-refractivity contribution is 6.35. The van der Waals surface area contributed by atoms with Gasteiger partial charge in [0.25, 0.3) is 0 Å². The van der Waals surface area contributed by atoms with Gasteiger partial charge in [-0.05, 0) is 23.4 Å². The predicted octanol–water partition coefficient (Wildman–Crippen LogP) is 4.46. The van der Waals surface area contributed by atoms with Crippen molar-refractivity contribution in [2.75, 3.05) is 13.2 Å². The quantitative estimate of drug-likeness (QED) is 0.826. The van der Waals surface area contributed by atoms with Gasteiger partial charge in [0.05, 0.1) is 0 Å². The van der Waals surface area contributed by atoms with Gasteiger partial charge in [-0.3, -0.25) is 0 Å². The molecule has 0 aliphatic carbocycles. The van der Waals surface area contributed by atoms with E-state index in [9.17, 15) is 13.2 Å². The Bertz CT molecular complexity index is 615. The normalized spacial score (nSPS) is 13.6. The van der Waals surface area contributed by atoms with Crippen LogP contribution in [0.15, 0.2) is 36.4 Å². The van der Waals surface area contributed by atoms with Crippen LogP contribution < -0.4 is 5.73 Å². The number of nitrogens with two attached hydrogens (primary N) is 1. The molecular formula is C15H15ClF3NO. The fourth-order valence-corrected chi connectivity index (χ4v) is 2.39. The fourth-order valence-electron chi connectivity index (χ4n) is 2.16. The van der Waals surface area contributed by atoms with Crippen LogP contribution in [0.25, 0.3) is 10.8 Å². The van der Waals surface area contributed by atoms with E-state index in [1.165, 1.54) is 0 Å². The molecule has 0 aliphatic rings. The van der Waals surface area contributed by atoms with Crippen LogP contribution in [0.5, 0.6) is 0 Å². The molecule has 2 N–H and O–H groups in total. The summed E-state index contributed by atoms with van der Waals surface area (Å²) >= 11 is 6.12. The molecule has 21 heavy (non-hydrogen) atoms. The summed E-state index contributed by atoms with van der Waals surface area (Å²) in [6.07, 6.45) is -4.00. The lowest BCUT2D eigenvalue weighted by Gasteiger charge is -2.16. The van der Waals surface area contributed by atoms with Crippen molar-refractivity contribution in [2.45, 2.75) is 18.6 Å². The summed E-state index contributed by atoms with van der Waals surface area (Å²) in [7, 11) is 0. The first-order chi connectivity index (χ1) is 9.88. The number of hydrogen-bond acceptors (Lipinski definition) is 2. The maximum atomic E-state index is 12.0. The molecule has 0 aliphatic heterocycles. The maximum absolute atomic E-state index is 12.0. The van der Waals surface area contributed by atoms with E-state index < -0.39 is 18.8 Å². The van der Waals surface area contributed by atoms with Crippen LogP contribution in [0, 0.1) is 0 Å². The highest BCUT2D eigenvalue weighted by Gasteiger charge is 2.27. The van der Waals surface area contributed by atoms with Gasteiger partial charge in [0.2, 0.25) is 0 Å². The van der Waals surface area contributed by atoms with Gasteiger partial charge in [0.15, 0.2) is 0 Å². The molecule has 114 valence electrons. The summed E-state index contributed by atoms with van der Waals surface area (Å²) < 4.78 is 40.5. The Morgan fingerprint density at radius 3 is 2.43 bits per heavy atom. The van der Waals surface area contributed by atoms with Gasteiger partial charge in [0.1, 0.15) is 6.61 Å². The van der Waals surface area contributed by atoms with Gasteiger partial charge >= 0.3 is 6.18 Å². The van der Waals surface area contributed by atoms with Gasteiger partial charge in [-0.25, -0.2) is 0 Å². The van der Waals surface area contributed by atoms with Crippen LogP contribution >= 0.6 is 11.6 Å². The van der Waals surface area contributed by atoms with E-state index in [0.717, 1.165) is 16.3 Å². The Labute approximate surface area is 125 Å². The predicted molar refractivity (Wildman–Crippen MR) is 77.4 cm³/mol. The third-order valence-corrected chi connectivity index (χ3v) is 3.47. The van der Waals surface area contributed by atoms with Gasteiger partial charge in [-0.2, -0.15) is 13.2 Å². The standard InChI is InChI=1S/C15H15ClF3NO/c16-13-6-5-12(10-3-1-2-4-11(10)13)14(20)7-8-21-9-15(17,18)19/h1-6,14H,7-9,20H2. The van der Waals surface area contributed by atoms with Crippen molar-refractivity contribution in [1.82, 2.24) is 0 Å². The molecule has 2 nitrogen and oxygen atoms in total. The number of rotatable bonds is 5. The van der Waals surface area contributed by atoms with Crippen molar-refractivity contribution in [2.24, 2.45) is 5.73 Å². The number of alkyl halides is 3. The molecule has 0 amide bonds. The van der Waals surface area contributed by atoms with E-state index in [-0.39, 0.29) is 6.61 Å². The zero-order chi connectivity index (χ0) is 15.5. The first-order valence-corrected chi connectivity index (χ1v) is 6.83. The highest BCUT2D eigenvalue weighted by Crippen LogP contribution is 2.30. The Balaban J connectivity index is 2.06. The molecule has 0 bridgehead atoms. The molecule has 1 atom stereocenters. The number of benzene rings is 2. The number of fused-ring (bicyclic) bond motifs is 1. The van der Waals surface area contributed by atoms with Crippen LogP contribution in [0.3, 0.4) is 0 Å². The van der Waals surface area contributed by atoms with E-state index in [1.807, 2.05) is 24.3 Å². The average molecular weight is 318 g/mol. The molecule has 0 heterocycles. The molecular weight excluding hydrogens is 303 g/mol. The van der Waals surface area contributed by atoms with Crippen molar-refractivity contribution < 1.29 is 17.9 Å². The molecule has 0 saturated heterocycles. The Kier molecular flexibility index (Phi) is 5.08. The largest absolute Gasteiger partial charge is 0.411 e. The van der Waals surface area contributed by atoms with Crippen molar-refractivity contribution in [3.8, 4) is 0 Å². The van der Waals surface area contributed by atoms with E-state index in [1.54, 1.807) is 12.1 Å². The Morgan fingerprint density at radius 2 is 1.76 bits per heavy atom. The topological polar surface area (TPSA) is 35.2 Å². The summed E-state index contributed by atoms with van der Waals surface area (Å²) in [6.45, 7) is -1.29. The highest BCUT2D eigenvalue weighted by atomic mass is 35.5. The number of ether oxygens (including phenoxy) is 1. The second-order valence-corrected chi connectivity index (χ2v) is 5.15. The minimum absolute atomic E-state index is 0.0440. The van der Waals surface area contributed by atoms with E-state index in [2.05, 4.69) is 4.74 Å². The van der Waals surface area contributed by atoms with Crippen LogP contribution in [0.4, 0.5) is 13.2 Å². The number of halogens is 4. The minimum atomic E-state index is -4.31. The third kappa shape index (κ3) is 4.33. The van der Waals surface area contributed by atoms with E-state index in [4.69, 9.17) is 17.3 Å². The summed E-state index contributed by atoms with van der Waals surface area (Å²) in [6, 6.07) is 10.7. The zero-order valence-corrected chi connectivity index (χ0v) is 11.9. The van der Waals surface area contributed by atoms with Crippen molar-refractivity contribution in [3.63, 3.8) is 0 Å². The molecule has 1 unspecified atom stereocenters. The molecule has 2 aromatic rings. The molecule has 0 radical (unpaired) electrons. The molecule has 6 heteroatoms. The Hall–Kier alpha value is -1.30. The average Bonchev–Trinajstić information content (AvgIpc) is 2.43. The van der Waals surface area contributed by atoms with Crippen LogP contribution in [-0.4, -0.2) is 19.4 Å². The third-order valence-electron chi connectivity index (χ3n) is 3.14. The first kappa shape index (κ1) is 16.1. The van der Waals surface area contributed by atoms with Crippen molar-refractivity contribution in [1.29, 1.82) is 0 Å². The summed E-state index contributed by atoms with van der Waals surface area (Å²) in [5.41, 5.74) is 6.91. The molecule has 0 aromatic heterocycles. The van der Waals surface area contributed by atoms with Crippen molar-refractivity contribution in [3.05, 3.63) is 47.0 Å². The monoisotopic (exact) mass is 317 g/mol. The molecule has 0 fully saturated rings. The number of hydrogen-bond donors (Lipinski definition) is 1. The summed E-state index contributed by atoms with van der Waals surface area (Å²) in [5.74, 6) is 0. The SMILES string of the molecule is NC(CCOCC(F)(F)F)c1ccc(Cl)c2ccccc12. The van der Waals surface area contributed by atoms with E-state index in [0.29, 0.717) is 11.4 Å². The van der Waals surface area contributed by atoms with Crippen LogP contribution in [-0.2, 0) is 4.74 Å². The summed E-state index contributed by atoms with van der Waals surface area (Å²) in [4.78, 5) is 0. The maximum Gasteiger partial charge on any atom is 0.411 e. The van der Waals surface area contributed by atoms with Gasteiger partial charge in [-0.1, -0.05) is 41.9 Å².